The second-order valence-electron chi connectivity index (χ2n) is 10.3. The van der Waals surface area contributed by atoms with E-state index in [9.17, 15) is 18.3 Å². The molecule has 0 aliphatic carbocycles. The van der Waals surface area contributed by atoms with Crippen LogP contribution in [0, 0.1) is 0 Å². The van der Waals surface area contributed by atoms with E-state index in [0.717, 1.165) is 60.1 Å². The van der Waals surface area contributed by atoms with Crippen LogP contribution >= 0.6 is 0 Å². The molecular formula is C28H36N4O4S. The minimum absolute atomic E-state index is 0.0616. The number of piperidine rings is 1. The standard InChI is InChI=1S/C28H36N4O4S/c29-28(34)25-17-23(22-6-3-5-20(15-22)19-33)16-24-26(18-30-27(24)25)21-7-12-32(13-8-21)37(35,36)14-4-11-31-9-1-2-10-31/h3,5-6,15-18,21,30,33H,1-2,4,7-14,19H2,(H2,29,34). The summed E-state index contributed by atoms with van der Waals surface area (Å²) in [6.07, 6.45) is 6.51. The summed E-state index contributed by atoms with van der Waals surface area (Å²) in [5, 5.41) is 10.5. The molecule has 0 saturated carbocycles. The van der Waals surface area contributed by atoms with Crippen LogP contribution in [0.1, 0.15) is 59.5 Å². The fourth-order valence-electron chi connectivity index (χ4n) is 5.85. The number of benzene rings is 2. The van der Waals surface area contributed by atoms with Gasteiger partial charge in [0.15, 0.2) is 0 Å². The molecular weight excluding hydrogens is 488 g/mol. The van der Waals surface area contributed by atoms with Gasteiger partial charge in [-0.25, -0.2) is 12.7 Å². The normalized spacial score (nSPS) is 18.1. The maximum atomic E-state index is 13.0. The van der Waals surface area contributed by atoms with Crippen LogP contribution in [0.2, 0.25) is 0 Å². The number of primary amides is 1. The second kappa shape index (κ2) is 10.9. The first-order valence-corrected chi connectivity index (χ1v) is 14.8. The van der Waals surface area contributed by atoms with E-state index >= 15 is 0 Å². The highest BCUT2D eigenvalue weighted by atomic mass is 32.2. The van der Waals surface area contributed by atoms with Crippen LogP contribution in [-0.2, 0) is 16.6 Å². The van der Waals surface area contributed by atoms with E-state index in [4.69, 9.17) is 5.73 Å². The molecule has 4 N–H and O–H groups in total. The molecule has 2 aromatic carbocycles. The summed E-state index contributed by atoms with van der Waals surface area (Å²) < 4.78 is 27.6. The van der Waals surface area contributed by atoms with Crippen LogP contribution in [0.4, 0.5) is 0 Å². The predicted octanol–water partition coefficient (Wildman–Crippen LogP) is 3.42. The number of H-pyrrole nitrogens is 1. The monoisotopic (exact) mass is 524 g/mol. The number of nitrogens with one attached hydrogen (secondary N) is 1. The van der Waals surface area contributed by atoms with E-state index in [2.05, 4.69) is 16.0 Å². The highest BCUT2D eigenvalue weighted by Gasteiger charge is 2.30. The highest BCUT2D eigenvalue weighted by Crippen LogP contribution is 2.37. The topological polar surface area (TPSA) is 120 Å². The Bertz CT molecular complexity index is 1370. The van der Waals surface area contributed by atoms with Crippen molar-refractivity contribution < 1.29 is 18.3 Å². The molecule has 2 fully saturated rings. The lowest BCUT2D eigenvalue weighted by atomic mass is 9.88. The van der Waals surface area contributed by atoms with Gasteiger partial charge in [-0.05, 0) is 98.1 Å². The van der Waals surface area contributed by atoms with Crippen LogP contribution in [0.3, 0.4) is 0 Å². The number of carbonyl (C=O) groups is 1. The molecule has 0 radical (unpaired) electrons. The van der Waals surface area contributed by atoms with Gasteiger partial charge in [-0.15, -0.1) is 0 Å². The average molecular weight is 525 g/mol. The summed E-state index contributed by atoms with van der Waals surface area (Å²) in [5.41, 5.74) is 10.5. The molecule has 0 spiro atoms. The van der Waals surface area contributed by atoms with Crippen LogP contribution in [0.5, 0.6) is 0 Å². The van der Waals surface area contributed by atoms with E-state index in [0.29, 0.717) is 30.6 Å². The number of aliphatic hydroxyl groups is 1. The summed E-state index contributed by atoms with van der Waals surface area (Å²) in [6.45, 7) is 3.98. The van der Waals surface area contributed by atoms with Crippen molar-refractivity contribution in [3.8, 4) is 11.1 Å². The Morgan fingerprint density at radius 1 is 1.05 bits per heavy atom. The van der Waals surface area contributed by atoms with Gasteiger partial charge in [-0.2, -0.15) is 0 Å². The summed E-state index contributed by atoms with van der Waals surface area (Å²) >= 11 is 0. The molecule has 0 unspecified atom stereocenters. The summed E-state index contributed by atoms with van der Waals surface area (Å²) in [6, 6.07) is 11.4. The number of rotatable bonds is 9. The number of amides is 1. The average Bonchev–Trinajstić information content (AvgIpc) is 3.58. The lowest BCUT2D eigenvalue weighted by Crippen LogP contribution is -2.39. The number of aromatic amines is 1. The molecule has 0 atom stereocenters. The number of aliphatic hydroxyl groups excluding tert-OH is 1. The number of nitrogens with two attached hydrogens (primary N) is 1. The third-order valence-corrected chi connectivity index (χ3v) is 9.85. The largest absolute Gasteiger partial charge is 0.392 e. The molecule has 8 nitrogen and oxygen atoms in total. The van der Waals surface area contributed by atoms with Gasteiger partial charge in [0, 0.05) is 24.7 Å². The number of fused-ring (bicyclic) bond motifs is 1. The van der Waals surface area contributed by atoms with Crippen molar-refractivity contribution in [1.82, 2.24) is 14.2 Å². The Morgan fingerprint density at radius 2 is 1.81 bits per heavy atom. The fraction of sp³-hybridized carbons (Fsp3) is 0.464. The van der Waals surface area contributed by atoms with Gasteiger partial charge in [0.25, 0.3) is 5.91 Å². The fourth-order valence-corrected chi connectivity index (χ4v) is 7.37. The van der Waals surface area contributed by atoms with Crippen LogP contribution in [-0.4, -0.2) is 72.1 Å². The number of sulfonamides is 1. The minimum Gasteiger partial charge on any atom is -0.392 e. The summed E-state index contributed by atoms with van der Waals surface area (Å²) in [5.74, 6) is -0.114. The number of hydrogen-bond acceptors (Lipinski definition) is 5. The Morgan fingerprint density at radius 3 is 2.51 bits per heavy atom. The first kappa shape index (κ1) is 25.9. The molecule has 0 bridgehead atoms. The van der Waals surface area contributed by atoms with Crippen molar-refractivity contribution >= 4 is 26.8 Å². The minimum atomic E-state index is -3.26. The SMILES string of the molecule is NC(=O)c1cc(-c2cccc(CO)c2)cc2c(C3CCN(S(=O)(=O)CCCN4CCCC4)CC3)c[nH]c12. The highest BCUT2D eigenvalue weighted by molar-refractivity contribution is 7.89. The van der Waals surface area contributed by atoms with Crippen molar-refractivity contribution in [2.24, 2.45) is 5.73 Å². The maximum absolute atomic E-state index is 13.0. The zero-order chi connectivity index (χ0) is 26.0. The van der Waals surface area contributed by atoms with Gasteiger partial charge in [0.2, 0.25) is 10.0 Å². The Kier molecular flexibility index (Phi) is 7.67. The molecule has 37 heavy (non-hydrogen) atoms. The van der Waals surface area contributed by atoms with Gasteiger partial charge >= 0.3 is 0 Å². The van der Waals surface area contributed by atoms with Gasteiger partial charge in [0.05, 0.1) is 23.4 Å². The molecule has 1 amide bonds. The Balaban J connectivity index is 1.33. The van der Waals surface area contributed by atoms with Crippen LogP contribution in [0.15, 0.2) is 42.6 Å². The van der Waals surface area contributed by atoms with Crippen molar-refractivity contribution in [2.75, 3.05) is 38.5 Å². The molecule has 9 heteroatoms. The Labute approximate surface area is 218 Å². The molecule has 3 heterocycles. The first-order valence-electron chi connectivity index (χ1n) is 13.2. The number of aromatic nitrogens is 1. The van der Waals surface area contributed by atoms with Gasteiger partial charge in [0.1, 0.15) is 0 Å². The van der Waals surface area contributed by atoms with Crippen molar-refractivity contribution in [1.29, 1.82) is 0 Å². The van der Waals surface area contributed by atoms with E-state index in [1.54, 1.807) is 10.4 Å². The zero-order valence-electron chi connectivity index (χ0n) is 21.2. The van der Waals surface area contributed by atoms with E-state index in [-0.39, 0.29) is 18.3 Å². The number of carbonyl (C=O) groups excluding carboxylic acids is 1. The van der Waals surface area contributed by atoms with Crippen molar-refractivity contribution in [3.63, 3.8) is 0 Å². The van der Waals surface area contributed by atoms with Gasteiger partial charge in [-0.3, -0.25) is 4.79 Å². The van der Waals surface area contributed by atoms with Crippen molar-refractivity contribution in [3.05, 3.63) is 59.3 Å². The van der Waals surface area contributed by atoms with Crippen LogP contribution < -0.4 is 5.73 Å². The number of likely N-dealkylation sites (tertiary alicyclic amines) is 1. The molecule has 2 saturated heterocycles. The quantitative estimate of drug-likeness (QED) is 0.396. The maximum Gasteiger partial charge on any atom is 0.250 e. The van der Waals surface area contributed by atoms with E-state index in [1.165, 1.54) is 12.8 Å². The summed E-state index contributed by atoms with van der Waals surface area (Å²) in [7, 11) is -3.26. The molecule has 1 aromatic heterocycles. The van der Waals surface area contributed by atoms with E-state index in [1.807, 2.05) is 30.5 Å². The first-order chi connectivity index (χ1) is 17.9. The predicted molar refractivity (Wildman–Crippen MR) is 146 cm³/mol. The third kappa shape index (κ3) is 5.60. The molecule has 3 aromatic rings. The number of nitrogens with zero attached hydrogens (tertiary/aromatic N) is 2. The smallest absolute Gasteiger partial charge is 0.250 e. The molecule has 5 rings (SSSR count). The number of hydrogen-bond donors (Lipinski definition) is 3. The second-order valence-corrected chi connectivity index (χ2v) is 12.4. The lowest BCUT2D eigenvalue weighted by Gasteiger charge is -2.31. The zero-order valence-corrected chi connectivity index (χ0v) is 22.0. The molecule has 2 aliphatic heterocycles. The van der Waals surface area contributed by atoms with Gasteiger partial charge < -0.3 is 20.7 Å². The van der Waals surface area contributed by atoms with Crippen molar-refractivity contribution in [2.45, 2.75) is 44.6 Å². The van der Waals surface area contributed by atoms with E-state index < -0.39 is 15.9 Å². The Hall–Kier alpha value is -2.72. The molecule has 198 valence electrons. The molecule has 2 aliphatic rings. The van der Waals surface area contributed by atoms with Crippen LogP contribution in [0.25, 0.3) is 22.0 Å². The third-order valence-electron chi connectivity index (χ3n) is 7.89. The van der Waals surface area contributed by atoms with Gasteiger partial charge in [-0.1, -0.05) is 18.2 Å². The summed E-state index contributed by atoms with van der Waals surface area (Å²) in [4.78, 5) is 17.9. The lowest BCUT2D eigenvalue weighted by molar-refractivity contribution is 0.100.